The van der Waals surface area contributed by atoms with Crippen LogP contribution in [0.4, 0.5) is 0 Å². The second-order valence-electron chi connectivity index (χ2n) is 7.14. The topological polar surface area (TPSA) is 9.23 Å². The number of halogens is 1. The van der Waals surface area contributed by atoms with Crippen molar-refractivity contribution in [3.8, 4) is 5.75 Å². The lowest BCUT2D eigenvalue weighted by molar-refractivity contribution is 0.207. The molecule has 0 saturated heterocycles. The van der Waals surface area contributed by atoms with Crippen LogP contribution in [-0.2, 0) is 5.41 Å². The van der Waals surface area contributed by atoms with E-state index in [2.05, 4.69) is 52.0 Å². The van der Waals surface area contributed by atoms with Crippen molar-refractivity contribution in [1.29, 1.82) is 0 Å². The van der Waals surface area contributed by atoms with Gasteiger partial charge in [-0.3, -0.25) is 0 Å². The van der Waals surface area contributed by atoms with Gasteiger partial charge >= 0.3 is 0 Å². The number of benzene rings is 1. The Labute approximate surface area is 135 Å². The van der Waals surface area contributed by atoms with Gasteiger partial charge in [0.15, 0.2) is 0 Å². The molecule has 0 aromatic heterocycles. The number of hydrogen-bond donors (Lipinski definition) is 0. The minimum atomic E-state index is 0.121. The van der Waals surface area contributed by atoms with Gasteiger partial charge in [-0.2, -0.15) is 0 Å². The molecule has 0 bridgehead atoms. The summed E-state index contributed by atoms with van der Waals surface area (Å²) >= 11 is 6.69. The molecule has 2 heteroatoms. The number of rotatable bonds is 5. The Hall–Kier alpha value is -0.690. The van der Waals surface area contributed by atoms with E-state index < -0.39 is 0 Å². The molecule has 0 amide bonds. The Morgan fingerprint density at radius 1 is 1.19 bits per heavy atom. The summed E-state index contributed by atoms with van der Waals surface area (Å²) in [6, 6.07) is 8.63. The van der Waals surface area contributed by atoms with E-state index in [1.54, 1.807) is 0 Å². The minimum absolute atomic E-state index is 0.121. The van der Waals surface area contributed by atoms with E-state index in [1.807, 2.05) is 0 Å². The average molecular weight is 309 g/mol. The van der Waals surface area contributed by atoms with Crippen LogP contribution in [0.3, 0.4) is 0 Å². The van der Waals surface area contributed by atoms with Gasteiger partial charge in [-0.25, -0.2) is 0 Å². The molecule has 2 rings (SSSR count). The molecule has 0 N–H and O–H groups in total. The van der Waals surface area contributed by atoms with Crippen molar-refractivity contribution in [2.45, 2.75) is 64.2 Å². The van der Waals surface area contributed by atoms with Crippen molar-refractivity contribution < 1.29 is 4.74 Å². The first kappa shape index (κ1) is 16.7. The molecule has 1 aliphatic carbocycles. The summed E-state index contributed by atoms with van der Waals surface area (Å²) in [7, 11) is 0. The summed E-state index contributed by atoms with van der Waals surface area (Å²) in [6.45, 7) is 9.91. The van der Waals surface area contributed by atoms with Crippen molar-refractivity contribution in [2.75, 3.05) is 6.61 Å². The standard InChI is InChI=1S/C19H29ClO/c1-5-12-21-16-9-7-15(8-10-16)19(3,4)17-11-6-14(2)13-18(17)20/h7-10,14,17-18H,5-6,11-13H2,1-4H3. The molecule has 1 nitrogen and oxygen atoms in total. The van der Waals surface area contributed by atoms with Crippen LogP contribution in [0, 0.1) is 11.8 Å². The van der Waals surface area contributed by atoms with Crippen molar-refractivity contribution >= 4 is 11.6 Å². The van der Waals surface area contributed by atoms with Gasteiger partial charge in [0.1, 0.15) is 5.75 Å². The number of ether oxygens (including phenoxy) is 1. The summed E-state index contributed by atoms with van der Waals surface area (Å²) in [4.78, 5) is 0. The molecule has 118 valence electrons. The quantitative estimate of drug-likeness (QED) is 0.625. The highest BCUT2D eigenvalue weighted by Gasteiger charge is 2.39. The maximum Gasteiger partial charge on any atom is 0.119 e. The first-order chi connectivity index (χ1) is 9.95. The van der Waals surface area contributed by atoms with Gasteiger partial charge in [-0.05, 0) is 54.2 Å². The first-order valence-electron chi connectivity index (χ1n) is 8.32. The molecule has 3 atom stereocenters. The predicted molar refractivity (Wildman–Crippen MR) is 91.4 cm³/mol. The third kappa shape index (κ3) is 3.94. The number of hydrogen-bond acceptors (Lipinski definition) is 1. The van der Waals surface area contributed by atoms with Crippen LogP contribution in [-0.4, -0.2) is 12.0 Å². The maximum atomic E-state index is 6.69. The molecule has 3 unspecified atom stereocenters. The zero-order chi connectivity index (χ0) is 15.5. The van der Waals surface area contributed by atoms with E-state index in [0.29, 0.717) is 11.3 Å². The van der Waals surface area contributed by atoms with Crippen LogP contribution in [0.1, 0.15) is 58.9 Å². The van der Waals surface area contributed by atoms with Crippen LogP contribution in [0.25, 0.3) is 0 Å². The molecule has 21 heavy (non-hydrogen) atoms. The van der Waals surface area contributed by atoms with E-state index >= 15 is 0 Å². The van der Waals surface area contributed by atoms with Gasteiger partial charge in [0.2, 0.25) is 0 Å². The Balaban J connectivity index is 2.11. The number of alkyl halides is 1. The van der Waals surface area contributed by atoms with Crippen LogP contribution in [0.2, 0.25) is 0 Å². The molecule has 0 radical (unpaired) electrons. The molecule has 1 saturated carbocycles. The second kappa shape index (κ2) is 7.05. The highest BCUT2D eigenvalue weighted by Crippen LogP contribution is 2.44. The van der Waals surface area contributed by atoms with Gasteiger partial charge in [-0.1, -0.05) is 46.2 Å². The van der Waals surface area contributed by atoms with Crippen LogP contribution >= 0.6 is 11.6 Å². The highest BCUT2D eigenvalue weighted by atomic mass is 35.5. The summed E-state index contributed by atoms with van der Waals surface area (Å²) in [6.07, 6.45) is 4.72. The van der Waals surface area contributed by atoms with E-state index in [-0.39, 0.29) is 5.41 Å². The lowest BCUT2D eigenvalue weighted by Crippen LogP contribution is -2.38. The summed E-state index contributed by atoms with van der Waals surface area (Å²) < 4.78 is 5.68. The normalized spacial score (nSPS) is 26.6. The Morgan fingerprint density at radius 2 is 1.86 bits per heavy atom. The van der Waals surface area contributed by atoms with Gasteiger partial charge < -0.3 is 4.74 Å². The van der Waals surface area contributed by atoms with Crippen molar-refractivity contribution in [3.05, 3.63) is 29.8 Å². The SMILES string of the molecule is CCCOc1ccc(C(C)(C)C2CCC(C)CC2Cl)cc1. The van der Waals surface area contributed by atoms with Crippen molar-refractivity contribution in [3.63, 3.8) is 0 Å². The van der Waals surface area contributed by atoms with Crippen LogP contribution in [0.15, 0.2) is 24.3 Å². The zero-order valence-corrected chi connectivity index (χ0v) is 14.6. The van der Waals surface area contributed by atoms with Crippen LogP contribution in [0.5, 0.6) is 5.75 Å². The van der Waals surface area contributed by atoms with Crippen LogP contribution < -0.4 is 4.74 Å². The van der Waals surface area contributed by atoms with Gasteiger partial charge in [0.05, 0.1) is 6.61 Å². The van der Waals surface area contributed by atoms with Crippen molar-refractivity contribution in [2.24, 2.45) is 11.8 Å². The molecule has 0 spiro atoms. The summed E-state index contributed by atoms with van der Waals surface area (Å²) in [5, 5.41) is 0.291. The summed E-state index contributed by atoms with van der Waals surface area (Å²) in [5.74, 6) is 2.29. The highest BCUT2D eigenvalue weighted by molar-refractivity contribution is 6.20. The molecule has 1 aromatic carbocycles. The fraction of sp³-hybridized carbons (Fsp3) is 0.684. The van der Waals surface area contributed by atoms with Gasteiger partial charge in [-0.15, -0.1) is 11.6 Å². The first-order valence-corrected chi connectivity index (χ1v) is 8.76. The fourth-order valence-corrected chi connectivity index (χ4v) is 4.28. The maximum absolute atomic E-state index is 6.69. The minimum Gasteiger partial charge on any atom is -0.494 e. The molecule has 0 aliphatic heterocycles. The predicted octanol–water partition coefficient (Wildman–Crippen LogP) is 5.80. The molecule has 0 heterocycles. The Bertz CT molecular complexity index is 437. The largest absolute Gasteiger partial charge is 0.494 e. The van der Waals surface area contributed by atoms with E-state index in [0.717, 1.165) is 31.1 Å². The third-order valence-corrected chi connectivity index (χ3v) is 5.52. The lowest BCUT2D eigenvalue weighted by atomic mass is 9.66. The summed E-state index contributed by atoms with van der Waals surface area (Å²) in [5.41, 5.74) is 1.49. The Kier molecular flexibility index (Phi) is 5.60. The van der Waals surface area contributed by atoms with Crippen molar-refractivity contribution in [1.82, 2.24) is 0 Å². The van der Waals surface area contributed by atoms with Gasteiger partial charge in [0.25, 0.3) is 0 Å². The average Bonchev–Trinajstić information content (AvgIpc) is 2.45. The van der Waals surface area contributed by atoms with Gasteiger partial charge in [0, 0.05) is 5.38 Å². The molecular formula is C19H29ClO. The lowest BCUT2D eigenvalue weighted by Gasteiger charge is -2.42. The van der Waals surface area contributed by atoms with E-state index in [9.17, 15) is 0 Å². The molecule has 1 aromatic rings. The Morgan fingerprint density at radius 3 is 2.43 bits per heavy atom. The molecular weight excluding hydrogens is 280 g/mol. The monoisotopic (exact) mass is 308 g/mol. The molecule has 1 fully saturated rings. The fourth-order valence-electron chi connectivity index (χ4n) is 3.54. The zero-order valence-electron chi connectivity index (χ0n) is 13.9. The second-order valence-corrected chi connectivity index (χ2v) is 7.70. The smallest absolute Gasteiger partial charge is 0.119 e. The molecule has 1 aliphatic rings. The third-order valence-electron chi connectivity index (χ3n) is 5.03. The van der Waals surface area contributed by atoms with E-state index in [1.165, 1.54) is 18.4 Å². The van der Waals surface area contributed by atoms with E-state index in [4.69, 9.17) is 16.3 Å².